The minimum Gasteiger partial charge on any atom is -0.395 e. The van der Waals surface area contributed by atoms with Crippen molar-refractivity contribution in [2.75, 3.05) is 26.2 Å². The number of benzene rings is 1. The minimum absolute atomic E-state index is 0.00597. The summed E-state index contributed by atoms with van der Waals surface area (Å²) >= 11 is 0. The number of carbonyl (C=O) groups is 1. The van der Waals surface area contributed by atoms with Gasteiger partial charge < -0.3 is 10.4 Å². The highest BCUT2D eigenvalue weighted by Gasteiger charge is 2.08. The van der Waals surface area contributed by atoms with Gasteiger partial charge in [-0.25, -0.2) is 0 Å². The molecule has 1 rings (SSSR count). The molecule has 4 heteroatoms. The molecule has 0 saturated carbocycles. The molecule has 2 N–H and O–H groups in total. The van der Waals surface area contributed by atoms with Gasteiger partial charge in [0.15, 0.2) is 0 Å². The lowest BCUT2D eigenvalue weighted by Crippen LogP contribution is -2.38. The number of aliphatic hydroxyl groups is 1. The van der Waals surface area contributed by atoms with Crippen LogP contribution in [0.3, 0.4) is 0 Å². The Bertz CT molecular complexity index is 380. The molecule has 4 nitrogen and oxygen atoms in total. The van der Waals surface area contributed by atoms with Crippen LogP contribution in [-0.4, -0.2) is 42.2 Å². The van der Waals surface area contributed by atoms with Crippen LogP contribution in [0.1, 0.15) is 18.1 Å². The summed E-state index contributed by atoms with van der Waals surface area (Å²) in [5, 5.41) is 11.8. The molecule has 100 valence electrons. The summed E-state index contributed by atoms with van der Waals surface area (Å²) < 4.78 is 0. The Hall–Kier alpha value is -1.39. The van der Waals surface area contributed by atoms with Crippen molar-refractivity contribution in [1.29, 1.82) is 0 Å². The molecule has 0 bridgehead atoms. The van der Waals surface area contributed by atoms with E-state index >= 15 is 0 Å². The number of rotatable bonds is 7. The molecule has 0 aliphatic rings. The molecule has 1 amide bonds. The first-order chi connectivity index (χ1) is 8.67. The minimum atomic E-state index is -0.00597. The molecular formula is C14H22N2O2. The van der Waals surface area contributed by atoms with Crippen LogP contribution < -0.4 is 5.32 Å². The highest BCUT2D eigenvalue weighted by Crippen LogP contribution is 2.05. The number of nitrogens with zero attached hydrogens (tertiary/aromatic N) is 1. The van der Waals surface area contributed by atoms with Gasteiger partial charge in [0, 0.05) is 13.1 Å². The van der Waals surface area contributed by atoms with Gasteiger partial charge in [-0.05, 0) is 24.6 Å². The van der Waals surface area contributed by atoms with E-state index in [0.717, 1.165) is 12.1 Å². The number of amides is 1. The second-order valence-electron chi connectivity index (χ2n) is 4.30. The van der Waals surface area contributed by atoms with Crippen LogP contribution in [0.15, 0.2) is 24.3 Å². The first-order valence-electron chi connectivity index (χ1n) is 6.31. The van der Waals surface area contributed by atoms with Crippen molar-refractivity contribution < 1.29 is 9.90 Å². The smallest absolute Gasteiger partial charge is 0.234 e. The van der Waals surface area contributed by atoms with Gasteiger partial charge in [0.05, 0.1) is 13.2 Å². The first-order valence-corrected chi connectivity index (χ1v) is 6.31. The Labute approximate surface area is 109 Å². The lowest BCUT2D eigenvalue weighted by atomic mass is 10.1. The van der Waals surface area contributed by atoms with Gasteiger partial charge in [-0.15, -0.1) is 0 Å². The number of aryl methyl sites for hydroxylation is 1. The van der Waals surface area contributed by atoms with Gasteiger partial charge in [-0.2, -0.15) is 0 Å². The number of carbonyl (C=O) groups excluding carboxylic acids is 1. The fraction of sp³-hybridized carbons (Fsp3) is 0.500. The topological polar surface area (TPSA) is 52.6 Å². The third-order valence-corrected chi connectivity index (χ3v) is 2.97. The number of nitrogens with one attached hydrogen (secondary N) is 1. The van der Waals surface area contributed by atoms with E-state index in [1.165, 1.54) is 5.56 Å². The van der Waals surface area contributed by atoms with E-state index in [4.69, 9.17) is 5.11 Å². The summed E-state index contributed by atoms with van der Waals surface area (Å²) in [5.41, 5.74) is 2.32. The van der Waals surface area contributed by atoms with Crippen molar-refractivity contribution in [2.45, 2.75) is 20.4 Å². The normalized spacial score (nSPS) is 10.7. The third-order valence-electron chi connectivity index (χ3n) is 2.97. The van der Waals surface area contributed by atoms with Crippen molar-refractivity contribution in [3.05, 3.63) is 35.4 Å². The van der Waals surface area contributed by atoms with E-state index in [0.29, 0.717) is 19.6 Å². The van der Waals surface area contributed by atoms with E-state index in [9.17, 15) is 4.79 Å². The largest absolute Gasteiger partial charge is 0.395 e. The van der Waals surface area contributed by atoms with Crippen molar-refractivity contribution in [3.8, 4) is 0 Å². The van der Waals surface area contributed by atoms with Gasteiger partial charge >= 0.3 is 0 Å². The zero-order valence-electron chi connectivity index (χ0n) is 11.1. The lowest BCUT2D eigenvalue weighted by molar-refractivity contribution is -0.122. The Morgan fingerprint density at radius 2 is 2.11 bits per heavy atom. The van der Waals surface area contributed by atoms with Crippen LogP contribution >= 0.6 is 0 Å². The first kappa shape index (κ1) is 14.7. The zero-order chi connectivity index (χ0) is 13.4. The molecule has 18 heavy (non-hydrogen) atoms. The molecule has 0 heterocycles. The Morgan fingerprint density at radius 3 is 2.72 bits per heavy atom. The van der Waals surface area contributed by atoms with Crippen LogP contribution in [0.25, 0.3) is 0 Å². The van der Waals surface area contributed by atoms with Crippen LogP contribution in [0.2, 0.25) is 0 Å². The molecule has 0 aliphatic carbocycles. The lowest BCUT2D eigenvalue weighted by Gasteiger charge is -2.18. The molecule has 0 aliphatic heterocycles. The summed E-state index contributed by atoms with van der Waals surface area (Å²) in [7, 11) is 0. The van der Waals surface area contributed by atoms with Gasteiger partial charge in [0.25, 0.3) is 0 Å². The quantitative estimate of drug-likeness (QED) is 0.757. The molecule has 0 aromatic heterocycles. The molecule has 0 spiro atoms. The fourth-order valence-electron chi connectivity index (χ4n) is 1.75. The third kappa shape index (κ3) is 4.85. The predicted molar refractivity (Wildman–Crippen MR) is 72.2 cm³/mol. The molecular weight excluding hydrogens is 228 g/mol. The van der Waals surface area contributed by atoms with E-state index in [-0.39, 0.29) is 12.5 Å². The number of hydrogen-bond acceptors (Lipinski definition) is 3. The molecule has 1 aromatic rings. The van der Waals surface area contributed by atoms with Gasteiger partial charge in [-0.1, -0.05) is 31.2 Å². The monoisotopic (exact) mass is 250 g/mol. The van der Waals surface area contributed by atoms with Gasteiger partial charge in [0.1, 0.15) is 0 Å². The van der Waals surface area contributed by atoms with Crippen molar-refractivity contribution in [2.24, 2.45) is 0 Å². The zero-order valence-corrected chi connectivity index (χ0v) is 11.1. The predicted octanol–water partition coefficient (Wildman–Crippen LogP) is 0.925. The van der Waals surface area contributed by atoms with Crippen LogP contribution in [-0.2, 0) is 11.3 Å². The second kappa shape index (κ2) is 7.84. The average molecular weight is 250 g/mol. The maximum atomic E-state index is 11.7. The summed E-state index contributed by atoms with van der Waals surface area (Å²) in [6.07, 6.45) is 0. The molecule has 0 saturated heterocycles. The highest BCUT2D eigenvalue weighted by atomic mass is 16.3. The maximum absolute atomic E-state index is 11.7. The number of likely N-dealkylation sites (N-methyl/N-ethyl adjacent to an activating group) is 1. The van der Waals surface area contributed by atoms with E-state index in [1.807, 2.05) is 43.0 Å². The highest BCUT2D eigenvalue weighted by molar-refractivity contribution is 5.78. The van der Waals surface area contributed by atoms with Gasteiger partial charge in [0.2, 0.25) is 5.91 Å². The number of aliphatic hydroxyl groups excluding tert-OH is 1. The van der Waals surface area contributed by atoms with Crippen LogP contribution in [0.4, 0.5) is 0 Å². The van der Waals surface area contributed by atoms with Crippen LogP contribution in [0.5, 0.6) is 0 Å². The number of hydrogen-bond donors (Lipinski definition) is 2. The van der Waals surface area contributed by atoms with Crippen LogP contribution in [0, 0.1) is 6.92 Å². The average Bonchev–Trinajstić information content (AvgIpc) is 2.37. The van der Waals surface area contributed by atoms with E-state index in [1.54, 1.807) is 0 Å². The summed E-state index contributed by atoms with van der Waals surface area (Å²) in [6, 6.07) is 8.01. The maximum Gasteiger partial charge on any atom is 0.234 e. The van der Waals surface area contributed by atoms with E-state index in [2.05, 4.69) is 5.32 Å². The second-order valence-corrected chi connectivity index (χ2v) is 4.30. The summed E-state index contributed by atoms with van der Waals surface area (Å²) in [6.45, 7) is 6.28. The van der Waals surface area contributed by atoms with E-state index < -0.39 is 0 Å². The SMILES string of the molecule is CCN(CCO)CC(=O)NCc1ccccc1C. The fourth-order valence-corrected chi connectivity index (χ4v) is 1.75. The standard InChI is InChI=1S/C14H22N2O2/c1-3-16(8-9-17)11-14(18)15-10-13-7-5-4-6-12(13)2/h4-7,17H,3,8-11H2,1-2H3,(H,15,18). The van der Waals surface area contributed by atoms with Gasteiger partial charge in [-0.3, -0.25) is 9.69 Å². The summed E-state index contributed by atoms with van der Waals surface area (Å²) in [4.78, 5) is 13.6. The summed E-state index contributed by atoms with van der Waals surface area (Å²) in [5.74, 6) is -0.00597. The van der Waals surface area contributed by atoms with Crippen molar-refractivity contribution in [3.63, 3.8) is 0 Å². The Kier molecular flexibility index (Phi) is 6.39. The van der Waals surface area contributed by atoms with Crippen molar-refractivity contribution >= 4 is 5.91 Å². The molecule has 0 unspecified atom stereocenters. The Balaban J connectivity index is 2.39. The molecule has 0 fully saturated rings. The molecule has 0 radical (unpaired) electrons. The van der Waals surface area contributed by atoms with Crippen molar-refractivity contribution in [1.82, 2.24) is 10.2 Å². The molecule has 1 aromatic carbocycles. The Morgan fingerprint density at radius 1 is 1.39 bits per heavy atom. The molecule has 0 atom stereocenters.